The Morgan fingerprint density at radius 3 is 2.81 bits per heavy atom. The van der Waals surface area contributed by atoms with Gasteiger partial charge in [-0.3, -0.25) is 14.2 Å². The highest BCUT2D eigenvalue weighted by Gasteiger charge is 2.24. The second kappa shape index (κ2) is 7.18. The lowest BCUT2D eigenvalue weighted by molar-refractivity contribution is -0.122. The van der Waals surface area contributed by atoms with Gasteiger partial charge in [-0.15, -0.1) is 0 Å². The summed E-state index contributed by atoms with van der Waals surface area (Å²) in [6, 6.07) is 8.58. The molecule has 8 heteroatoms. The molecule has 26 heavy (non-hydrogen) atoms. The number of amides is 1. The average molecular weight is 373 g/mol. The molecule has 134 valence electrons. The van der Waals surface area contributed by atoms with E-state index in [9.17, 15) is 19.6 Å². The first-order valence-electron chi connectivity index (χ1n) is 8.24. The number of nitrogens with zero attached hydrogens (tertiary/aromatic N) is 3. The molecule has 2 heterocycles. The molecule has 0 spiro atoms. The average Bonchev–Trinajstić information content (AvgIpc) is 3.09. The largest absolute Gasteiger partial charge is 0.348 e. The predicted octanol–water partition coefficient (Wildman–Crippen LogP) is 1.36. The molecule has 1 aromatic heterocycles. The Bertz CT molecular complexity index is 1030. The Labute approximate surface area is 154 Å². The molecule has 0 aliphatic carbocycles. The van der Waals surface area contributed by atoms with Crippen LogP contribution < -0.4 is 16.6 Å². The van der Waals surface area contributed by atoms with Crippen molar-refractivity contribution in [1.29, 1.82) is 5.26 Å². The molecule has 1 aliphatic rings. The number of carbonyl (C=O) groups is 1. The van der Waals surface area contributed by atoms with Gasteiger partial charge in [-0.1, -0.05) is 29.8 Å². The molecule has 1 N–H and O–H groups in total. The monoisotopic (exact) mass is 372 g/mol. The van der Waals surface area contributed by atoms with Gasteiger partial charge in [0.15, 0.2) is 0 Å². The number of halogens is 1. The smallest absolute Gasteiger partial charge is 0.331 e. The topological polar surface area (TPSA) is 96.9 Å². The van der Waals surface area contributed by atoms with Crippen molar-refractivity contribution in [2.45, 2.75) is 38.9 Å². The van der Waals surface area contributed by atoms with Crippen LogP contribution in [0.2, 0.25) is 5.02 Å². The highest BCUT2D eigenvalue weighted by molar-refractivity contribution is 6.31. The normalized spacial score (nSPS) is 13.7. The number of hydrogen-bond donors (Lipinski definition) is 1. The van der Waals surface area contributed by atoms with Gasteiger partial charge in [-0.05, 0) is 31.4 Å². The maximum Gasteiger partial charge on any atom is 0.331 e. The van der Waals surface area contributed by atoms with E-state index < -0.39 is 23.7 Å². The van der Waals surface area contributed by atoms with Crippen LogP contribution in [0.5, 0.6) is 0 Å². The van der Waals surface area contributed by atoms with Gasteiger partial charge in [-0.25, -0.2) is 9.36 Å². The standard InChI is InChI=1S/C18H17ClN4O3/c1-11(12-5-2-3-6-14(12)19)21-16(24)10-23-17(25)13(9-20)15-7-4-8-22(15)18(23)26/h2-3,5-6,11H,4,7-8,10H2,1H3,(H,21,24)/t11-/m1/s1. The van der Waals surface area contributed by atoms with E-state index in [4.69, 9.17) is 11.6 Å². The van der Waals surface area contributed by atoms with E-state index in [0.717, 1.165) is 10.1 Å². The SMILES string of the molecule is C[C@@H](NC(=O)Cn1c(=O)c(C#N)c2n(c1=O)CCC2)c1ccccc1Cl. The summed E-state index contributed by atoms with van der Waals surface area (Å²) in [6.45, 7) is 1.76. The van der Waals surface area contributed by atoms with Gasteiger partial charge in [0.25, 0.3) is 5.56 Å². The van der Waals surface area contributed by atoms with E-state index >= 15 is 0 Å². The zero-order valence-corrected chi connectivity index (χ0v) is 14.9. The minimum Gasteiger partial charge on any atom is -0.348 e. The van der Waals surface area contributed by atoms with Gasteiger partial charge < -0.3 is 5.32 Å². The predicted molar refractivity (Wildman–Crippen MR) is 96.0 cm³/mol. The summed E-state index contributed by atoms with van der Waals surface area (Å²) < 4.78 is 2.23. The third kappa shape index (κ3) is 3.16. The number of hydrogen-bond acceptors (Lipinski definition) is 4. The van der Waals surface area contributed by atoms with Crippen LogP contribution in [0.3, 0.4) is 0 Å². The Kier molecular flexibility index (Phi) is 4.96. The summed E-state index contributed by atoms with van der Waals surface area (Å²) in [7, 11) is 0. The number of nitriles is 1. The number of rotatable bonds is 4. The molecular weight excluding hydrogens is 356 g/mol. The fourth-order valence-corrected chi connectivity index (χ4v) is 3.52. The van der Waals surface area contributed by atoms with Gasteiger partial charge in [0.2, 0.25) is 5.91 Å². The lowest BCUT2D eigenvalue weighted by atomic mass is 10.1. The second-order valence-corrected chi connectivity index (χ2v) is 6.58. The van der Waals surface area contributed by atoms with Crippen molar-refractivity contribution in [2.75, 3.05) is 0 Å². The molecule has 0 fully saturated rings. The summed E-state index contributed by atoms with van der Waals surface area (Å²) in [5.41, 5.74) is -0.135. The van der Waals surface area contributed by atoms with Crippen LogP contribution in [0, 0.1) is 11.3 Å². The van der Waals surface area contributed by atoms with E-state index in [0.29, 0.717) is 30.1 Å². The molecule has 1 aromatic carbocycles. The van der Waals surface area contributed by atoms with Crippen molar-refractivity contribution < 1.29 is 4.79 Å². The quantitative estimate of drug-likeness (QED) is 0.876. The molecule has 1 atom stereocenters. The lowest BCUT2D eigenvalue weighted by Gasteiger charge is -2.16. The zero-order valence-electron chi connectivity index (χ0n) is 14.2. The Hall–Kier alpha value is -2.85. The van der Waals surface area contributed by atoms with Crippen LogP contribution in [0.25, 0.3) is 0 Å². The summed E-state index contributed by atoms with van der Waals surface area (Å²) in [5, 5.41) is 12.5. The number of benzene rings is 1. The molecule has 3 rings (SSSR count). The van der Waals surface area contributed by atoms with Crippen molar-refractivity contribution in [3.63, 3.8) is 0 Å². The minimum atomic E-state index is -0.716. The third-order valence-electron chi connectivity index (χ3n) is 4.49. The summed E-state index contributed by atoms with van der Waals surface area (Å²) in [6.07, 6.45) is 1.22. The van der Waals surface area contributed by atoms with E-state index in [2.05, 4.69) is 5.32 Å². The minimum absolute atomic E-state index is 0.0611. The Morgan fingerprint density at radius 1 is 1.38 bits per heavy atom. The molecular formula is C18H17ClN4O3. The van der Waals surface area contributed by atoms with Crippen molar-refractivity contribution in [3.05, 3.63) is 66.9 Å². The lowest BCUT2D eigenvalue weighted by Crippen LogP contribution is -2.45. The number of carbonyl (C=O) groups excluding carboxylic acids is 1. The number of aromatic nitrogens is 2. The highest BCUT2D eigenvalue weighted by Crippen LogP contribution is 2.22. The summed E-state index contributed by atoms with van der Waals surface area (Å²) >= 11 is 6.12. The van der Waals surface area contributed by atoms with Crippen LogP contribution in [0.15, 0.2) is 33.9 Å². The highest BCUT2D eigenvalue weighted by atomic mass is 35.5. The second-order valence-electron chi connectivity index (χ2n) is 6.17. The fraction of sp³-hybridized carbons (Fsp3) is 0.333. The van der Waals surface area contributed by atoms with Crippen LogP contribution in [0.1, 0.15) is 36.2 Å². The molecule has 1 amide bonds. The maximum absolute atomic E-state index is 12.5. The first kappa shape index (κ1) is 18.0. The number of fused-ring (bicyclic) bond motifs is 1. The first-order chi connectivity index (χ1) is 12.4. The van der Waals surface area contributed by atoms with Crippen molar-refractivity contribution in [3.8, 4) is 6.07 Å². The summed E-state index contributed by atoms with van der Waals surface area (Å²) in [5.74, 6) is -0.501. The Morgan fingerprint density at radius 2 is 2.12 bits per heavy atom. The van der Waals surface area contributed by atoms with E-state index in [1.54, 1.807) is 31.2 Å². The van der Waals surface area contributed by atoms with Gasteiger partial charge in [-0.2, -0.15) is 5.26 Å². The Balaban J connectivity index is 1.87. The molecule has 0 radical (unpaired) electrons. The number of nitrogens with one attached hydrogen (secondary N) is 1. The molecule has 0 bridgehead atoms. The molecule has 0 unspecified atom stereocenters. The van der Waals surface area contributed by atoms with Crippen molar-refractivity contribution >= 4 is 17.5 Å². The van der Waals surface area contributed by atoms with Gasteiger partial charge >= 0.3 is 5.69 Å². The fourth-order valence-electron chi connectivity index (χ4n) is 3.22. The van der Waals surface area contributed by atoms with Gasteiger partial charge in [0.1, 0.15) is 18.2 Å². The molecule has 7 nitrogen and oxygen atoms in total. The van der Waals surface area contributed by atoms with E-state index in [-0.39, 0.29) is 11.6 Å². The van der Waals surface area contributed by atoms with Crippen LogP contribution in [0.4, 0.5) is 0 Å². The van der Waals surface area contributed by atoms with E-state index in [1.165, 1.54) is 4.57 Å². The van der Waals surface area contributed by atoms with Crippen LogP contribution in [-0.2, 0) is 24.3 Å². The third-order valence-corrected chi connectivity index (χ3v) is 4.84. The van der Waals surface area contributed by atoms with Crippen molar-refractivity contribution in [1.82, 2.24) is 14.5 Å². The van der Waals surface area contributed by atoms with Crippen LogP contribution in [-0.4, -0.2) is 15.0 Å². The molecule has 2 aromatic rings. The first-order valence-corrected chi connectivity index (χ1v) is 8.62. The molecule has 0 saturated heterocycles. The van der Waals surface area contributed by atoms with Gasteiger partial charge in [0.05, 0.1) is 6.04 Å². The van der Waals surface area contributed by atoms with Crippen molar-refractivity contribution in [2.24, 2.45) is 0 Å². The van der Waals surface area contributed by atoms with E-state index in [1.807, 2.05) is 6.07 Å². The molecule has 1 aliphatic heterocycles. The summed E-state index contributed by atoms with van der Waals surface area (Å²) in [4.78, 5) is 37.3. The van der Waals surface area contributed by atoms with Gasteiger partial charge in [0, 0.05) is 17.3 Å². The maximum atomic E-state index is 12.5. The van der Waals surface area contributed by atoms with Crippen LogP contribution >= 0.6 is 11.6 Å². The molecule has 0 saturated carbocycles. The zero-order chi connectivity index (χ0) is 18.8.